The van der Waals surface area contributed by atoms with Crippen molar-refractivity contribution in [2.24, 2.45) is 0 Å². The van der Waals surface area contributed by atoms with Gasteiger partial charge in [0, 0.05) is 12.1 Å². The fourth-order valence-electron chi connectivity index (χ4n) is 1.17. The van der Waals surface area contributed by atoms with E-state index in [9.17, 15) is 22.0 Å². The van der Waals surface area contributed by atoms with E-state index in [1.807, 2.05) is 5.32 Å². The maximum absolute atomic E-state index is 13.3. The van der Waals surface area contributed by atoms with E-state index in [0.29, 0.717) is 0 Å². The lowest BCUT2D eigenvalue weighted by molar-refractivity contribution is -0.117. The van der Waals surface area contributed by atoms with Gasteiger partial charge in [0.05, 0.1) is 25.0 Å². The molecule has 0 heterocycles. The number of nitrogen functional groups attached to an aromatic ring is 1. The van der Waals surface area contributed by atoms with E-state index >= 15 is 0 Å². The van der Waals surface area contributed by atoms with Crippen molar-refractivity contribution in [3.05, 3.63) is 17.9 Å². The Labute approximate surface area is 99.7 Å². The molecule has 0 radical (unpaired) electrons. The normalized spacial score (nSPS) is 11.7. The zero-order chi connectivity index (χ0) is 13.9. The number of benzene rings is 1. The molecule has 3 nitrogen and oxygen atoms in total. The zero-order valence-electron chi connectivity index (χ0n) is 9.31. The fraction of sp³-hybridized carbons (Fsp3) is 0.400. The second-order valence-corrected chi connectivity index (χ2v) is 3.49. The fourth-order valence-corrected chi connectivity index (χ4v) is 1.17. The summed E-state index contributed by atoms with van der Waals surface area (Å²) in [6, 6.07) is 1.87. The van der Waals surface area contributed by atoms with Crippen molar-refractivity contribution in [1.82, 2.24) is 0 Å². The topological polar surface area (TPSA) is 47.3 Å². The third-order valence-electron chi connectivity index (χ3n) is 2.15. The van der Waals surface area contributed by atoms with Gasteiger partial charge in [-0.15, -0.1) is 0 Å². The number of hydrogen-bond acceptors (Lipinski definition) is 3. The average Bonchev–Trinajstić information content (AvgIpc) is 2.27. The molecule has 0 saturated carbocycles. The molecule has 8 heteroatoms. The third kappa shape index (κ3) is 3.14. The van der Waals surface area contributed by atoms with Crippen molar-refractivity contribution in [3.8, 4) is 5.75 Å². The lowest BCUT2D eigenvalue weighted by Gasteiger charge is -2.17. The van der Waals surface area contributed by atoms with Crippen molar-refractivity contribution in [3.63, 3.8) is 0 Å². The van der Waals surface area contributed by atoms with Gasteiger partial charge in [-0.3, -0.25) is 0 Å². The molecule has 102 valence electrons. The quantitative estimate of drug-likeness (QED) is 0.639. The van der Waals surface area contributed by atoms with Crippen molar-refractivity contribution in [1.29, 1.82) is 0 Å². The summed E-state index contributed by atoms with van der Waals surface area (Å²) in [5.41, 5.74) is 4.96. The Kier molecular flexibility index (Phi) is 4.20. The first-order valence-corrected chi connectivity index (χ1v) is 4.80. The number of rotatable bonds is 5. The molecule has 18 heavy (non-hydrogen) atoms. The first-order chi connectivity index (χ1) is 8.27. The summed E-state index contributed by atoms with van der Waals surface area (Å²) < 4.78 is 67.1. The molecule has 0 atom stereocenters. The van der Waals surface area contributed by atoms with Gasteiger partial charge in [0.1, 0.15) is 11.6 Å². The smallest absolute Gasteiger partial charge is 0.324 e. The average molecular weight is 270 g/mol. The number of hydrogen-bond donors (Lipinski definition) is 2. The summed E-state index contributed by atoms with van der Waals surface area (Å²) in [6.45, 7) is -1.39. The minimum Gasteiger partial charge on any atom is -0.495 e. The van der Waals surface area contributed by atoms with Crippen LogP contribution in [0.2, 0.25) is 0 Å². The Bertz CT molecular complexity index is 425. The molecule has 0 aliphatic heterocycles. The standard InChI is InChI=1S/C10H11F5N2O/c1-18-8-3-7(5(11)2-6(8)16)17-4-10(14,15)9(12)13/h2-3,9,17H,4,16H2,1H3. The van der Waals surface area contributed by atoms with Crippen molar-refractivity contribution >= 4 is 11.4 Å². The third-order valence-corrected chi connectivity index (χ3v) is 2.15. The van der Waals surface area contributed by atoms with Crippen LogP contribution in [0, 0.1) is 5.82 Å². The van der Waals surface area contributed by atoms with Crippen LogP contribution in [-0.2, 0) is 0 Å². The Balaban J connectivity index is 2.85. The second-order valence-electron chi connectivity index (χ2n) is 3.49. The lowest BCUT2D eigenvalue weighted by Crippen LogP contribution is -2.35. The van der Waals surface area contributed by atoms with Crippen LogP contribution in [0.5, 0.6) is 5.75 Å². The lowest BCUT2D eigenvalue weighted by atomic mass is 10.2. The van der Waals surface area contributed by atoms with E-state index in [-0.39, 0.29) is 17.1 Å². The van der Waals surface area contributed by atoms with Gasteiger partial charge in [-0.1, -0.05) is 0 Å². The molecule has 0 aliphatic carbocycles. The van der Waals surface area contributed by atoms with Gasteiger partial charge < -0.3 is 15.8 Å². The SMILES string of the molecule is COc1cc(NCC(F)(F)C(F)F)c(F)cc1N. The van der Waals surface area contributed by atoms with E-state index in [1.165, 1.54) is 7.11 Å². The molecular weight excluding hydrogens is 259 g/mol. The predicted octanol–water partition coefficient (Wildman–Crippen LogP) is 2.73. The van der Waals surface area contributed by atoms with Crippen LogP contribution in [0.4, 0.5) is 33.3 Å². The van der Waals surface area contributed by atoms with Crippen LogP contribution in [0.3, 0.4) is 0 Å². The Hall–Kier alpha value is -1.73. The van der Waals surface area contributed by atoms with Crippen LogP contribution in [0.1, 0.15) is 0 Å². The summed E-state index contributed by atoms with van der Waals surface area (Å²) in [4.78, 5) is 0. The Morgan fingerprint density at radius 2 is 2.00 bits per heavy atom. The van der Waals surface area contributed by atoms with Gasteiger partial charge in [-0.2, -0.15) is 8.78 Å². The van der Waals surface area contributed by atoms with E-state index in [0.717, 1.165) is 12.1 Å². The molecular formula is C10H11F5N2O. The largest absolute Gasteiger partial charge is 0.495 e. The van der Waals surface area contributed by atoms with Gasteiger partial charge in [0.2, 0.25) is 0 Å². The molecule has 0 saturated heterocycles. The molecule has 0 fully saturated rings. The molecule has 0 aromatic heterocycles. The number of nitrogens with one attached hydrogen (secondary N) is 1. The van der Waals surface area contributed by atoms with Gasteiger partial charge >= 0.3 is 12.3 Å². The maximum Gasteiger partial charge on any atom is 0.324 e. The molecule has 1 aromatic rings. The summed E-state index contributed by atoms with van der Waals surface area (Å²) >= 11 is 0. The number of nitrogens with two attached hydrogens (primary N) is 1. The van der Waals surface area contributed by atoms with Crippen LogP contribution in [0.25, 0.3) is 0 Å². The molecule has 0 bridgehead atoms. The van der Waals surface area contributed by atoms with Crippen LogP contribution >= 0.6 is 0 Å². The minimum atomic E-state index is -4.25. The molecule has 0 unspecified atom stereocenters. The molecule has 0 aliphatic rings. The summed E-state index contributed by atoms with van der Waals surface area (Å²) in [7, 11) is 1.25. The van der Waals surface area contributed by atoms with Crippen LogP contribution in [-0.4, -0.2) is 26.0 Å². The monoisotopic (exact) mass is 270 g/mol. The van der Waals surface area contributed by atoms with Gasteiger partial charge in [-0.05, 0) is 0 Å². The van der Waals surface area contributed by atoms with E-state index in [2.05, 4.69) is 0 Å². The Morgan fingerprint density at radius 3 is 2.50 bits per heavy atom. The summed E-state index contributed by atoms with van der Waals surface area (Å²) in [6.07, 6.45) is -3.83. The van der Waals surface area contributed by atoms with Crippen LogP contribution in [0.15, 0.2) is 12.1 Å². The maximum atomic E-state index is 13.3. The van der Waals surface area contributed by atoms with Gasteiger partial charge in [0.25, 0.3) is 0 Å². The first kappa shape index (κ1) is 14.3. The van der Waals surface area contributed by atoms with Crippen molar-refractivity contribution in [2.45, 2.75) is 12.3 Å². The molecule has 3 N–H and O–H groups in total. The number of methoxy groups -OCH3 is 1. The number of alkyl halides is 4. The van der Waals surface area contributed by atoms with E-state index < -0.39 is 24.7 Å². The number of halogens is 5. The molecule has 1 rings (SSSR count). The molecule has 0 spiro atoms. The highest BCUT2D eigenvalue weighted by atomic mass is 19.3. The van der Waals surface area contributed by atoms with Gasteiger partial charge in [0.15, 0.2) is 0 Å². The van der Waals surface area contributed by atoms with Crippen molar-refractivity contribution in [2.75, 3.05) is 24.7 Å². The number of ether oxygens (including phenoxy) is 1. The first-order valence-electron chi connectivity index (χ1n) is 4.80. The second kappa shape index (κ2) is 5.28. The number of anilines is 2. The van der Waals surface area contributed by atoms with Gasteiger partial charge in [-0.25, -0.2) is 13.2 Å². The minimum absolute atomic E-state index is 0.0267. The molecule has 0 amide bonds. The van der Waals surface area contributed by atoms with Crippen molar-refractivity contribution < 1.29 is 26.7 Å². The van der Waals surface area contributed by atoms with E-state index in [4.69, 9.17) is 10.5 Å². The highest BCUT2D eigenvalue weighted by Crippen LogP contribution is 2.30. The predicted molar refractivity (Wildman–Crippen MR) is 56.8 cm³/mol. The Morgan fingerprint density at radius 1 is 1.39 bits per heavy atom. The highest BCUT2D eigenvalue weighted by Gasteiger charge is 2.40. The molecule has 1 aromatic carbocycles. The van der Waals surface area contributed by atoms with E-state index in [1.54, 1.807) is 0 Å². The zero-order valence-corrected chi connectivity index (χ0v) is 9.31. The summed E-state index contributed by atoms with van der Waals surface area (Å²) in [5.74, 6) is -5.13. The summed E-state index contributed by atoms with van der Waals surface area (Å²) in [5, 5.41) is 1.90. The highest BCUT2D eigenvalue weighted by molar-refractivity contribution is 5.62. The van der Waals surface area contributed by atoms with Crippen LogP contribution < -0.4 is 15.8 Å².